The van der Waals surface area contributed by atoms with Gasteiger partial charge in [-0.05, 0) is 44.5 Å². The van der Waals surface area contributed by atoms with E-state index < -0.39 is 5.24 Å². The second kappa shape index (κ2) is 7.11. The molecule has 0 saturated heterocycles. The normalized spacial score (nSPS) is 10.0. The lowest BCUT2D eigenvalue weighted by molar-refractivity contribution is 0.107. The van der Waals surface area contributed by atoms with Gasteiger partial charge in [0.1, 0.15) is 0 Å². The van der Waals surface area contributed by atoms with Gasteiger partial charge in [0.25, 0.3) is 5.24 Å². The molecule has 0 aliphatic heterocycles. The predicted octanol–water partition coefficient (Wildman–Crippen LogP) is 3.26. The smallest absolute Gasteiger partial charge is 0.256 e. The first-order valence-electron chi connectivity index (χ1n) is 5.90. The van der Waals surface area contributed by atoms with Crippen LogP contribution in [0.2, 0.25) is 0 Å². The van der Waals surface area contributed by atoms with Crippen molar-refractivity contribution in [3.05, 3.63) is 17.7 Å². The van der Waals surface area contributed by atoms with Gasteiger partial charge in [-0.2, -0.15) is 0 Å². The van der Waals surface area contributed by atoms with Crippen LogP contribution in [0.3, 0.4) is 0 Å². The highest BCUT2D eigenvalue weighted by atomic mass is 35.5. The van der Waals surface area contributed by atoms with Gasteiger partial charge < -0.3 is 14.2 Å². The fraction of sp³-hybridized carbons (Fsp3) is 0.462. The van der Waals surface area contributed by atoms with E-state index in [1.807, 2.05) is 20.8 Å². The van der Waals surface area contributed by atoms with Crippen molar-refractivity contribution in [3.8, 4) is 17.2 Å². The summed E-state index contributed by atoms with van der Waals surface area (Å²) in [4.78, 5) is 11.4. The quantitative estimate of drug-likeness (QED) is 0.715. The van der Waals surface area contributed by atoms with Crippen LogP contribution >= 0.6 is 11.6 Å². The molecular formula is C13H17ClO4. The number of carbonyl (C=O) groups excluding carboxylic acids is 1. The van der Waals surface area contributed by atoms with Gasteiger partial charge in [-0.25, -0.2) is 0 Å². The lowest BCUT2D eigenvalue weighted by Crippen LogP contribution is -2.06. The van der Waals surface area contributed by atoms with Crippen LogP contribution < -0.4 is 14.2 Å². The average Bonchev–Trinajstić information content (AvgIpc) is 2.33. The molecule has 0 aliphatic rings. The molecule has 0 aromatic heterocycles. The highest BCUT2D eigenvalue weighted by Gasteiger charge is 2.20. The zero-order valence-electron chi connectivity index (χ0n) is 10.8. The van der Waals surface area contributed by atoms with E-state index in [1.165, 1.54) is 0 Å². The van der Waals surface area contributed by atoms with E-state index in [0.29, 0.717) is 37.1 Å². The summed E-state index contributed by atoms with van der Waals surface area (Å²) in [6.45, 7) is 6.90. The van der Waals surface area contributed by atoms with E-state index in [4.69, 9.17) is 25.8 Å². The third kappa shape index (κ3) is 3.29. The minimum Gasteiger partial charge on any atom is -0.490 e. The molecule has 1 aromatic rings. The first-order valence-corrected chi connectivity index (χ1v) is 6.28. The van der Waals surface area contributed by atoms with Gasteiger partial charge in [0, 0.05) is 0 Å². The van der Waals surface area contributed by atoms with Crippen molar-refractivity contribution < 1.29 is 19.0 Å². The summed E-state index contributed by atoms with van der Waals surface area (Å²) in [5.41, 5.74) is 0.283. The number of hydrogen-bond donors (Lipinski definition) is 0. The Balaban J connectivity index is 3.33. The third-order valence-electron chi connectivity index (χ3n) is 2.16. The molecule has 0 fully saturated rings. The van der Waals surface area contributed by atoms with Gasteiger partial charge in [-0.15, -0.1) is 0 Å². The van der Waals surface area contributed by atoms with E-state index in [0.717, 1.165) is 0 Å². The highest BCUT2D eigenvalue weighted by molar-refractivity contribution is 6.68. The van der Waals surface area contributed by atoms with Crippen LogP contribution in [0.15, 0.2) is 12.1 Å². The second-order valence-electron chi connectivity index (χ2n) is 3.34. The van der Waals surface area contributed by atoms with E-state index >= 15 is 0 Å². The maximum Gasteiger partial charge on any atom is 0.256 e. The maximum atomic E-state index is 11.4. The van der Waals surface area contributed by atoms with E-state index in [9.17, 15) is 4.79 Å². The van der Waals surface area contributed by atoms with Gasteiger partial charge in [0.2, 0.25) is 5.75 Å². The van der Waals surface area contributed by atoms with Crippen LogP contribution in [-0.4, -0.2) is 25.1 Å². The van der Waals surface area contributed by atoms with Crippen LogP contribution in [0.1, 0.15) is 31.1 Å². The molecule has 100 valence electrons. The van der Waals surface area contributed by atoms with Crippen LogP contribution in [0.4, 0.5) is 0 Å². The zero-order valence-corrected chi connectivity index (χ0v) is 11.5. The molecule has 1 aromatic carbocycles. The predicted molar refractivity (Wildman–Crippen MR) is 70.1 cm³/mol. The van der Waals surface area contributed by atoms with Gasteiger partial charge in [-0.1, -0.05) is 0 Å². The first-order chi connectivity index (χ1) is 8.65. The van der Waals surface area contributed by atoms with E-state index in [-0.39, 0.29) is 5.56 Å². The van der Waals surface area contributed by atoms with Crippen molar-refractivity contribution in [1.82, 2.24) is 0 Å². The Bertz CT molecular complexity index is 418. The van der Waals surface area contributed by atoms with Crippen molar-refractivity contribution in [1.29, 1.82) is 0 Å². The molecule has 0 amide bonds. The zero-order chi connectivity index (χ0) is 13.5. The molecule has 0 atom stereocenters. The Hall–Kier alpha value is -1.42. The van der Waals surface area contributed by atoms with Gasteiger partial charge in [0.05, 0.1) is 25.4 Å². The second-order valence-corrected chi connectivity index (χ2v) is 3.69. The SMILES string of the molecule is CCOc1ccc(C(=O)Cl)c(OCC)c1OCC. The lowest BCUT2D eigenvalue weighted by Gasteiger charge is -2.17. The molecule has 0 saturated carbocycles. The molecule has 18 heavy (non-hydrogen) atoms. The highest BCUT2D eigenvalue weighted by Crippen LogP contribution is 2.41. The fourth-order valence-electron chi connectivity index (χ4n) is 1.54. The lowest BCUT2D eigenvalue weighted by atomic mass is 10.2. The topological polar surface area (TPSA) is 44.8 Å². The number of hydrogen-bond acceptors (Lipinski definition) is 4. The van der Waals surface area contributed by atoms with Crippen molar-refractivity contribution in [3.63, 3.8) is 0 Å². The minimum absolute atomic E-state index is 0.283. The van der Waals surface area contributed by atoms with Crippen molar-refractivity contribution in [2.45, 2.75) is 20.8 Å². The maximum absolute atomic E-state index is 11.4. The van der Waals surface area contributed by atoms with E-state index in [1.54, 1.807) is 12.1 Å². The fourth-order valence-corrected chi connectivity index (χ4v) is 1.69. The van der Waals surface area contributed by atoms with Crippen molar-refractivity contribution in [2.24, 2.45) is 0 Å². The van der Waals surface area contributed by atoms with Crippen LogP contribution in [0.25, 0.3) is 0 Å². The molecule has 0 bridgehead atoms. The summed E-state index contributed by atoms with van der Waals surface area (Å²) in [6, 6.07) is 3.24. The van der Waals surface area contributed by atoms with E-state index in [2.05, 4.69) is 0 Å². The molecule has 0 radical (unpaired) electrons. The molecule has 1 rings (SSSR count). The Morgan fingerprint density at radius 1 is 1.00 bits per heavy atom. The molecule has 0 aliphatic carbocycles. The Morgan fingerprint density at radius 3 is 2.06 bits per heavy atom. The van der Waals surface area contributed by atoms with Crippen molar-refractivity contribution >= 4 is 16.8 Å². The Labute approximate surface area is 112 Å². The molecular weight excluding hydrogens is 256 g/mol. The number of ether oxygens (including phenoxy) is 3. The largest absolute Gasteiger partial charge is 0.490 e. The molecule has 0 unspecified atom stereocenters. The molecule has 5 heteroatoms. The summed E-state index contributed by atoms with van der Waals surface area (Å²) in [7, 11) is 0. The monoisotopic (exact) mass is 272 g/mol. The summed E-state index contributed by atoms with van der Waals surface area (Å²) in [5, 5.41) is -0.581. The molecule has 0 N–H and O–H groups in total. The molecule has 0 spiro atoms. The van der Waals surface area contributed by atoms with Crippen LogP contribution in [0.5, 0.6) is 17.2 Å². The Kier molecular flexibility index (Phi) is 5.78. The standard InChI is InChI=1S/C13H17ClO4/c1-4-16-10-8-7-9(13(14)15)11(17-5-2)12(10)18-6-3/h7-8H,4-6H2,1-3H3. The molecule has 0 heterocycles. The van der Waals surface area contributed by atoms with Crippen LogP contribution in [-0.2, 0) is 0 Å². The van der Waals surface area contributed by atoms with Crippen LogP contribution in [0, 0.1) is 0 Å². The summed E-state index contributed by atoms with van der Waals surface area (Å²) < 4.78 is 16.4. The molecule has 4 nitrogen and oxygen atoms in total. The number of rotatable bonds is 7. The summed E-state index contributed by atoms with van der Waals surface area (Å²) in [6.07, 6.45) is 0. The summed E-state index contributed by atoms with van der Waals surface area (Å²) in [5.74, 6) is 1.31. The number of halogens is 1. The number of carbonyl (C=O) groups is 1. The van der Waals surface area contributed by atoms with Gasteiger partial charge in [-0.3, -0.25) is 4.79 Å². The number of benzene rings is 1. The minimum atomic E-state index is -0.581. The average molecular weight is 273 g/mol. The van der Waals surface area contributed by atoms with Gasteiger partial charge in [0.15, 0.2) is 11.5 Å². The Morgan fingerprint density at radius 2 is 1.56 bits per heavy atom. The summed E-state index contributed by atoms with van der Waals surface area (Å²) >= 11 is 5.53. The van der Waals surface area contributed by atoms with Crippen molar-refractivity contribution in [2.75, 3.05) is 19.8 Å². The van der Waals surface area contributed by atoms with Gasteiger partial charge >= 0.3 is 0 Å². The first kappa shape index (κ1) is 14.6. The third-order valence-corrected chi connectivity index (χ3v) is 2.37.